The summed E-state index contributed by atoms with van der Waals surface area (Å²) in [6, 6.07) is 1.90. The number of nitrogens with one attached hydrogen (secondary N) is 1. The van der Waals surface area contributed by atoms with Crippen molar-refractivity contribution < 1.29 is 14.3 Å². The third-order valence-corrected chi connectivity index (χ3v) is 6.46. The highest BCUT2D eigenvalue weighted by Gasteiger charge is 2.43. The molecular weight excluding hydrogens is 370 g/mol. The maximum Gasteiger partial charge on any atom is 0.225 e. The molecule has 8 heteroatoms. The fourth-order valence-corrected chi connectivity index (χ4v) is 4.51. The van der Waals surface area contributed by atoms with Crippen LogP contribution in [0.4, 0.5) is 5.95 Å². The molecule has 29 heavy (non-hydrogen) atoms. The van der Waals surface area contributed by atoms with Gasteiger partial charge in [0, 0.05) is 57.9 Å². The van der Waals surface area contributed by atoms with Gasteiger partial charge in [-0.05, 0) is 31.7 Å². The van der Waals surface area contributed by atoms with Gasteiger partial charge in [0.2, 0.25) is 17.8 Å². The van der Waals surface area contributed by atoms with Gasteiger partial charge in [-0.15, -0.1) is 0 Å². The van der Waals surface area contributed by atoms with Gasteiger partial charge < -0.3 is 19.9 Å². The second kappa shape index (κ2) is 9.07. The second-order valence-electron chi connectivity index (χ2n) is 8.34. The van der Waals surface area contributed by atoms with Crippen molar-refractivity contribution in [3.05, 3.63) is 18.0 Å². The zero-order valence-corrected chi connectivity index (χ0v) is 17.2. The van der Waals surface area contributed by atoms with Crippen LogP contribution in [0.15, 0.2) is 12.3 Å². The number of carbonyl (C=O) groups is 2. The van der Waals surface area contributed by atoms with Gasteiger partial charge in [0.15, 0.2) is 0 Å². The molecule has 2 atom stereocenters. The second-order valence-corrected chi connectivity index (χ2v) is 8.34. The Labute approximate surface area is 172 Å². The van der Waals surface area contributed by atoms with Crippen molar-refractivity contribution in [2.45, 2.75) is 38.0 Å². The number of likely N-dealkylation sites (tertiary alicyclic amines) is 1. The third kappa shape index (κ3) is 4.37. The first-order valence-electron chi connectivity index (χ1n) is 10.8. The molecule has 0 spiro atoms. The molecule has 8 nitrogen and oxygen atoms in total. The van der Waals surface area contributed by atoms with Crippen LogP contribution in [0.3, 0.4) is 0 Å². The minimum absolute atomic E-state index is 0.0303. The van der Waals surface area contributed by atoms with Gasteiger partial charge in [-0.1, -0.05) is 6.42 Å². The maximum absolute atomic E-state index is 12.9. The van der Waals surface area contributed by atoms with Gasteiger partial charge in [-0.25, -0.2) is 9.97 Å². The minimum Gasteiger partial charge on any atom is -0.383 e. The summed E-state index contributed by atoms with van der Waals surface area (Å²) in [6.07, 6.45) is 7.16. The molecule has 1 N–H and O–H groups in total. The van der Waals surface area contributed by atoms with E-state index in [0.29, 0.717) is 26.2 Å². The molecule has 3 heterocycles. The summed E-state index contributed by atoms with van der Waals surface area (Å²) in [7, 11) is 1.62. The van der Waals surface area contributed by atoms with E-state index in [1.807, 2.05) is 11.0 Å². The van der Waals surface area contributed by atoms with E-state index in [1.165, 1.54) is 0 Å². The summed E-state index contributed by atoms with van der Waals surface area (Å²) in [5.41, 5.74) is 0.859. The number of ether oxygens (including phenoxy) is 1. The predicted octanol–water partition coefficient (Wildman–Crippen LogP) is 1.18. The first kappa shape index (κ1) is 20.1. The summed E-state index contributed by atoms with van der Waals surface area (Å²) in [5.74, 6) is 0.640. The molecule has 2 aliphatic heterocycles. The molecule has 2 saturated heterocycles. The van der Waals surface area contributed by atoms with Crippen molar-refractivity contribution in [2.75, 3.05) is 51.3 Å². The number of hydrogen-bond acceptors (Lipinski definition) is 6. The Hall–Kier alpha value is -2.22. The Morgan fingerprint density at radius 1 is 1.21 bits per heavy atom. The fraction of sp³-hybridized carbons (Fsp3) is 0.714. The lowest BCUT2D eigenvalue weighted by atomic mass is 9.84. The molecule has 1 aliphatic carbocycles. The van der Waals surface area contributed by atoms with E-state index < -0.39 is 0 Å². The minimum atomic E-state index is -0.294. The maximum atomic E-state index is 12.9. The van der Waals surface area contributed by atoms with Crippen molar-refractivity contribution in [2.24, 2.45) is 11.8 Å². The number of hydrogen-bond donors (Lipinski definition) is 1. The van der Waals surface area contributed by atoms with E-state index in [4.69, 9.17) is 9.72 Å². The molecule has 158 valence electrons. The van der Waals surface area contributed by atoms with Crippen molar-refractivity contribution in [3.63, 3.8) is 0 Å². The van der Waals surface area contributed by atoms with Gasteiger partial charge in [-0.3, -0.25) is 9.59 Å². The average Bonchev–Trinajstić information content (AvgIpc) is 3.37. The topological polar surface area (TPSA) is 87.7 Å². The van der Waals surface area contributed by atoms with Crippen LogP contribution in [0.2, 0.25) is 0 Å². The molecule has 1 saturated carbocycles. The van der Waals surface area contributed by atoms with Crippen molar-refractivity contribution in [1.82, 2.24) is 20.2 Å². The van der Waals surface area contributed by atoms with E-state index in [0.717, 1.165) is 56.8 Å². The third-order valence-electron chi connectivity index (χ3n) is 6.46. The van der Waals surface area contributed by atoms with Gasteiger partial charge in [0.25, 0.3) is 0 Å². The standard InChI is InChI=1S/C21H31N5O3/c1-29-12-9-22-19(27)17-14-26(20(28)15-5-4-6-15)13-16(17)18-7-8-23-21(24-18)25-10-2-3-11-25/h7-8,15-17H,2-6,9-14H2,1H3,(H,22,27)/t16-,17-/m1/s1. The van der Waals surface area contributed by atoms with E-state index in [1.54, 1.807) is 13.3 Å². The number of methoxy groups -OCH3 is 1. The molecule has 0 unspecified atom stereocenters. The van der Waals surface area contributed by atoms with Gasteiger partial charge >= 0.3 is 0 Å². The van der Waals surface area contributed by atoms with E-state index in [2.05, 4.69) is 15.2 Å². The van der Waals surface area contributed by atoms with Crippen LogP contribution in [-0.4, -0.2) is 73.1 Å². The molecule has 0 bridgehead atoms. The average molecular weight is 402 g/mol. The lowest BCUT2D eigenvalue weighted by Gasteiger charge is -2.29. The number of aromatic nitrogens is 2. The number of anilines is 1. The van der Waals surface area contributed by atoms with Crippen molar-refractivity contribution >= 4 is 17.8 Å². The summed E-state index contributed by atoms with van der Waals surface area (Å²) in [6.45, 7) is 3.90. The number of rotatable bonds is 7. The molecule has 0 radical (unpaired) electrons. The van der Waals surface area contributed by atoms with Crippen LogP contribution >= 0.6 is 0 Å². The van der Waals surface area contributed by atoms with Crippen LogP contribution in [0, 0.1) is 11.8 Å². The molecule has 2 amide bonds. The molecule has 1 aromatic rings. The molecule has 3 aliphatic rings. The van der Waals surface area contributed by atoms with E-state index >= 15 is 0 Å². The van der Waals surface area contributed by atoms with Crippen LogP contribution < -0.4 is 10.2 Å². The first-order valence-corrected chi connectivity index (χ1v) is 10.8. The predicted molar refractivity (Wildman–Crippen MR) is 109 cm³/mol. The first-order chi connectivity index (χ1) is 14.2. The molecular formula is C21H31N5O3. The normalized spacial score (nSPS) is 24.6. The number of nitrogens with zero attached hydrogens (tertiary/aromatic N) is 4. The summed E-state index contributed by atoms with van der Waals surface area (Å²) in [5, 5.41) is 2.96. The largest absolute Gasteiger partial charge is 0.383 e. The number of amides is 2. The number of carbonyl (C=O) groups excluding carboxylic acids is 2. The smallest absolute Gasteiger partial charge is 0.225 e. The van der Waals surface area contributed by atoms with Gasteiger partial charge in [0.05, 0.1) is 18.2 Å². The van der Waals surface area contributed by atoms with Crippen LogP contribution in [0.25, 0.3) is 0 Å². The highest BCUT2D eigenvalue weighted by atomic mass is 16.5. The monoisotopic (exact) mass is 401 g/mol. The van der Waals surface area contributed by atoms with Gasteiger partial charge in [0.1, 0.15) is 0 Å². The lowest BCUT2D eigenvalue weighted by Crippen LogP contribution is -2.39. The fourth-order valence-electron chi connectivity index (χ4n) is 4.51. The molecule has 0 aromatic carbocycles. The van der Waals surface area contributed by atoms with Crippen LogP contribution in [0.1, 0.15) is 43.7 Å². The highest BCUT2D eigenvalue weighted by molar-refractivity contribution is 5.84. The Kier molecular flexibility index (Phi) is 6.28. The van der Waals surface area contributed by atoms with E-state index in [9.17, 15) is 9.59 Å². The van der Waals surface area contributed by atoms with Crippen LogP contribution in [-0.2, 0) is 14.3 Å². The molecule has 4 rings (SSSR count). The van der Waals surface area contributed by atoms with Gasteiger partial charge in [-0.2, -0.15) is 0 Å². The molecule has 3 fully saturated rings. The lowest BCUT2D eigenvalue weighted by molar-refractivity contribution is -0.137. The Morgan fingerprint density at radius 2 is 2.00 bits per heavy atom. The molecule has 1 aromatic heterocycles. The quantitative estimate of drug-likeness (QED) is 0.691. The summed E-state index contributed by atoms with van der Waals surface area (Å²) >= 11 is 0. The zero-order chi connectivity index (χ0) is 20.2. The summed E-state index contributed by atoms with van der Waals surface area (Å²) < 4.78 is 5.05. The Morgan fingerprint density at radius 3 is 2.69 bits per heavy atom. The SMILES string of the molecule is COCCNC(=O)[C@@H]1CN(C(=O)C2CCC2)C[C@H]1c1ccnc(N2CCCC2)n1. The van der Waals surface area contributed by atoms with Crippen LogP contribution in [0.5, 0.6) is 0 Å². The van der Waals surface area contributed by atoms with Crippen molar-refractivity contribution in [3.8, 4) is 0 Å². The van der Waals surface area contributed by atoms with E-state index in [-0.39, 0.29) is 29.6 Å². The Balaban J connectivity index is 1.53. The zero-order valence-electron chi connectivity index (χ0n) is 17.2. The van der Waals surface area contributed by atoms with Crippen molar-refractivity contribution in [1.29, 1.82) is 0 Å². The highest BCUT2D eigenvalue weighted by Crippen LogP contribution is 2.36. The Bertz CT molecular complexity index is 733. The summed E-state index contributed by atoms with van der Waals surface area (Å²) in [4.78, 5) is 39.1.